The summed E-state index contributed by atoms with van der Waals surface area (Å²) in [6, 6.07) is 41.5. The molecule has 5 nitrogen and oxygen atoms in total. The maximum absolute atomic E-state index is 6.53. The first-order chi connectivity index (χ1) is 22.6. The Labute approximate surface area is 270 Å². The molecule has 0 bridgehead atoms. The average Bonchev–Trinajstić information content (AvgIpc) is 3.51. The third-order valence-electron chi connectivity index (χ3n) is 8.02. The van der Waals surface area contributed by atoms with Crippen LogP contribution in [0.25, 0.3) is 33.1 Å². The Morgan fingerprint density at radius 2 is 1.46 bits per heavy atom. The summed E-state index contributed by atoms with van der Waals surface area (Å²) in [5.41, 5.74) is 8.93. The molecule has 0 aliphatic rings. The number of hydrogen-bond donors (Lipinski definition) is 0. The van der Waals surface area contributed by atoms with Gasteiger partial charge in [0.2, 0.25) is 0 Å². The number of aliphatic imine (C=N–C) groups is 3. The molecule has 0 fully saturated rings. The molecule has 0 aliphatic heterocycles. The Morgan fingerprint density at radius 1 is 0.783 bits per heavy atom. The van der Waals surface area contributed by atoms with E-state index in [1.165, 1.54) is 0 Å². The van der Waals surface area contributed by atoms with Gasteiger partial charge in [-0.25, -0.2) is 9.98 Å². The number of amidine groups is 2. The van der Waals surface area contributed by atoms with Crippen molar-refractivity contribution in [2.24, 2.45) is 15.0 Å². The van der Waals surface area contributed by atoms with E-state index in [0.717, 1.165) is 61.1 Å². The topological polar surface area (TPSA) is 53.5 Å². The zero-order valence-corrected chi connectivity index (χ0v) is 26.4. The summed E-state index contributed by atoms with van der Waals surface area (Å²) >= 11 is 0. The summed E-state index contributed by atoms with van der Waals surface area (Å²) in [7, 11) is 2.09. The quantitative estimate of drug-likeness (QED) is 0.0991. The van der Waals surface area contributed by atoms with Crippen LogP contribution >= 0.6 is 0 Å². The van der Waals surface area contributed by atoms with Gasteiger partial charge in [-0.05, 0) is 62.0 Å². The molecule has 0 N–H and O–H groups in total. The third kappa shape index (κ3) is 6.21. The lowest BCUT2D eigenvalue weighted by Gasteiger charge is -2.20. The van der Waals surface area contributed by atoms with Crippen LogP contribution in [0.2, 0.25) is 0 Å². The van der Waals surface area contributed by atoms with Gasteiger partial charge < -0.3 is 9.32 Å². The maximum Gasteiger partial charge on any atom is 0.160 e. The number of allylic oxidation sites excluding steroid dienone is 2. The highest BCUT2D eigenvalue weighted by molar-refractivity contribution is 6.14. The van der Waals surface area contributed by atoms with Crippen molar-refractivity contribution in [1.29, 1.82) is 0 Å². The van der Waals surface area contributed by atoms with Crippen LogP contribution in [-0.2, 0) is 6.54 Å². The highest BCUT2D eigenvalue weighted by atomic mass is 16.3. The van der Waals surface area contributed by atoms with Crippen molar-refractivity contribution in [1.82, 2.24) is 0 Å². The average molecular weight is 601 g/mol. The van der Waals surface area contributed by atoms with E-state index in [-0.39, 0.29) is 0 Å². The van der Waals surface area contributed by atoms with Crippen LogP contribution in [0.15, 0.2) is 165 Å². The van der Waals surface area contributed by atoms with Gasteiger partial charge in [0.15, 0.2) is 11.7 Å². The van der Waals surface area contributed by atoms with E-state index in [1.807, 2.05) is 80.6 Å². The largest absolute Gasteiger partial charge is 0.456 e. The van der Waals surface area contributed by atoms with E-state index in [9.17, 15) is 0 Å². The Kier molecular flexibility index (Phi) is 9.12. The molecule has 1 aromatic heterocycles. The summed E-state index contributed by atoms with van der Waals surface area (Å²) in [6.45, 7) is 8.09. The number of hydrogen-bond acceptors (Lipinski definition) is 3. The molecular formula is C41H36N4O. The van der Waals surface area contributed by atoms with Crippen molar-refractivity contribution >= 4 is 51.7 Å². The molecule has 0 unspecified atom stereocenters. The first kappa shape index (κ1) is 30.2. The predicted octanol–water partition coefficient (Wildman–Crippen LogP) is 10.6. The van der Waals surface area contributed by atoms with Gasteiger partial charge in [0.05, 0.1) is 6.54 Å². The fourth-order valence-electron chi connectivity index (χ4n) is 5.62. The molecule has 226 valence electrons. The van der Waals surface area contributed by atoms with Gasteiger partial charge in [-0.15, -0.1) is 0 Å². The van der Waals surface area contributed by atoms with Crippen molar-refractivity contribution in [3.8, 4) is 11.1 Å². The van der Waals surface area contributed by atoms with Crippen LogP contribution in [0.4, 0.5) is 11.4 Å². The molecule has 0 radical (unpaired) electrons. The summed E-state index contributed by atoms with van der Waals surface area (Å²) in [5.74, 6) is 1.10. The number of anilines is 2. The monoisotopic (exact) mass is 600 g/mol. The van der Waals surface area contributed by atoms with Crippen molar-refractivity contribution in [3.05, 3.63) is 156 Å². The van der Waals surface area contributed by atoms with Crippen LogP contribution in [0.1, 0.15) is 25.0 Å². The van der Waals surface area contributed by atoms with Crippen LogP contribution < -0.4 is 4.90 Å². The smallest absolute Gasteiger partial charge is 0.160 e. The minimum atomic E-state index is 0.379. The van der Waals surface area contributed by atoms with Crippen LogP contribution in [-0.4, -0.2) is 25.4 Å². The number of rotatable bonds is 8. The van der Waals surface area contributed by atoms with Crippen molar-refractivity contribution < 1.29 is 4.42 Å². The second kappa shape index (κ2) is 13.9. The van der Waals surface area contributed by atoms with Crippen molar-refractivity contribution in [2.75, 3.05) is 11.9 Å². The Morgan fingerprint density at radius 3 is 2.15 bits per heavy atom. The number of benzene rings is 5. The zero-order valence-electron chi connectivity index (χ0n) is 26.4. The summed E-state index contributed by atoms with van der Waals surface area (Å²) in [6.07, 6.45) is 5.91. The van der Waals surface area contributed by atoms with E-state index in [4.69, 9.17) is 14.4 Å². The Balaban J connectivity index is 1.43. The molecule has 0 saturated heterocycles. The summed E-state index contributed by atoms with van der Waals surface area (Å²) in [5, 5.41) is 2.15. The van der Waals surface area contributed by atoms with Crippen LogP contribution in [0.3, 0.4) is 0 Å². The minimum absolute atomic E-state index is 0.379. The van der Waals surface area contributed by atoms with Gasteiger partial charge in [-0.2, -0.15) is 0 Å². The molecule has 46 heavy (non-hydrogen) atoms. The first-order valence-corrected chi connectivity index (χ1v) is 15.4. The molecule has 5 heteroatoms. The number of furan rings is 1. The number of nitrogens with zero attached hydrogens (tertiary/aromatic N) is 4. The Bertz CT molecular complexity index is 2100. The number of fused-ring (bicyclic) bond motifs is 3. The highest BCUT2D eigenvalue weighted by Gasteiger charge is 2.17. The normalized spacial score (nSPS) is 12.7. The fourth-order valence-corrected chi connectivity index (χ4v) is 5.62. The minimum Gasteiger partial charge on any atom is -0.456 e. The molecule has 1 heterocycles. The molecule has 0 aliphatic carbocycles. The molecular weight excluding hydrogens is 564 g/mol. The second-order valence-electron chi connectivity index (χ2n) is 10.9. The molecule has 0 saturated carbocycles. The van der Waals surface area contributed by atoms with E-state index < -0.39 is 0 Å². The van der Waals surface area contributed by atoms with E-state index in [0.29, 0.717) is 18.2 Å². The van der Waals surface area contributed by atoms with Crippen LogP contribution in [0.5, 0.6) is 0 Å². The van der Waals surface area contributed by atoms with E-state index >= 15 is 0 Å². The maximum atomic E-state index is 6.53. The number of para-hydroxylation sites is 2. The van der Waals surface area contributed by atoms with Gasteiger partial charge in [-0.3, -0.25) is 4.99 Å². The second-order valence-corrected chi connectivity index (χ2v) is 10.9. The van der Waals surface area contributed by atoms with E-state index in [2.05, 4.69) is 96.5 Å². The lowest BCUT2D eigenvalue weighted by atomic mass is 9.97. The predicted molar refractivity (Wildman–Crippen MR) is 196 cm³/mol. The van der Waals surface area contributed by atoms with Crippen LogP contribution in [0, 0.1) is 0 Å². The molecule has 0 spiro atoms. The summed E-state index contributed by atoms with van der Waals surface area (Å²) in [4.78, 5) is 16.3. The lowest BCUT2D eigenvalue weighted by molar-refractivity contribution is 0.663. The summed E-state index contributed by atoms with van der Waals surface area (Å²) < 4.78 is 6.53. The molecule has 6 aromatic rings. The highest BCUT2D eigenvalue weighted by Crippen LogP contribution is 2.39. The first-order valence-electron chi connectivity index (χ1n) is 15.4. The fraction of sp³-hybridized carbons (Fsp3) is 0.0976. The molecule has 0 amide bonds. The molecule has 5 aromatic carbocycles. The molecule has 6 rings (SSSR count). The van der Waals surface area contributed by atoms with Gasteiger partial charge in [0.25, 0.3) is 0 Å². The van der Waals surface area contributed by atoms with Gasteiger partial charge in [0, 0.05) is 45.9 Å². The standard InChI is InChI=1S/C41H36N4O/c1-5-15-29(6-2)40(42-3)44-41(31-16-9-7-10-17-31)43-28-32-24-27-35(38-36-20-13-14-21-37(36)46-39(32)38)30-22-25-34(26-23-30)45(4)33-18-11-8-12-19-33/h5-27H,3,28H2,1-2,4H3/b15-5-,29-6+,43-41-,44-40-. The molecule has 0 atom stereocenters. The zero-order chi connectivity index (χ0) is 31.9. The van der Waals surface area contributed by atoms with Crippen molar-refractivity contribution in [2.45, 2.75) is 20.4 Å². The Hall–Kier alpha value is -5.81. The van der Waals surface area contributed by atoms with Gasteiger partial charge in [0.1, 0.15) is 11.2 Å². The SMILES string of the molecule is C=NC(=N\C(=N/Cc1ccc(-c2ccc(N(C)c3ccccc3)cc2)c2c1oc1ccccc12)c1ccccc1)/C(/C=C\C)=C/C. The van der Waals surface area contributed by atoms with Crippen molar-refractivity contribution in [3.63, 3.8) is 0 Å². The van der Waals surface area contributed by atoms with E-state index in [1.54, 1.807) is 0 Å². The third-order valence-corrected chi connectivity index (χ3v) is 8.02. The van der Waals surface area contributed by atoms with Gasteiger partial charge >= 0.3 is 0 Å². The van der Waals surface area contributed by atoms with Gasteiger partial charge in [-0.1, -0.05) is 109 Å². The lowest BCUT2D eigenvalue weighted by Crippen LogP contribution is -2.08.